The Morgan fingerprint density at radius 3 is 2.85 bits per heavy atom. The normalized spacial score (nSPS) is 10.7. The summed E-state index contributed by atoms with van der Waals surface area (Å²) in [6.07, 6.45) is 4.12. The minimum absolute atomic E-state index is 0.273. The third-order valence-corrected chi connectivity index (χ3v) is 3.29. The van der Waals surface area contributed by atoms with E-state index in [1.807, 2.05) is 6.92 Å². The number of carbonyl (C=O) groups is 2. The molecule has 0 saturated heterocycles. The lowest BCUT2D eigenvalue weighted by Gasteiger charge is -2.05. The summed E-state index contributed by atoms with van der Waals surface area (Å²) in [7, 11) is 0. The first-order chi connectivity index (χ1) is 9.56. The van der Waals surface area contributed by atoms with Crippen molar-refractivity contribution in [1.29, 1.82) is 0 Å². The maximum atomic E-state index is 12.0. The molecule has 0 radical (unpaired) electrons. The van der Waals surface area contributed by atoms with Crippen LogP contribution in [-0.2, 0) is 4.79 Å². The minimum atomic E-state index is -1.03. The number of hydrogen-bond donors (Lipinski definition) is 2. The van der Waals surface area contributed by atoms with Crippen LogP contribution >= 0.6 is 11.3 Å². The Bertz CT molecular complexity index is 663. The molecule has 1 heterocycles. The standard InChI is InChI=1S/C14H12N2O3S/c1-9-2-3-11(8-10(9)4-5-12(17)18)13(19)16-14-15-6-7-20-14/h2-8H,1H3,(H,17,18)(H,15,16,19)/b5-4+. The Labute approximate surface area is 119 Å². The summed E-state index contributed by atoms with van der Waals surface area (Å²) in [6, 6.07) is 5.12. The summed E-state index contributed by atoms with van der Waals surface area (Å²) in [6.45, 7) is 1.85. The van der Waals surface area contributed by atoms with Crippen molar-refractivity contribution in [2.75, 3.05) is 5.32 Å². The maximum Gasteiger partial charge on any atom is 0.328 e. The quantitative estimate of drug-likeness (QED) is 0.848. The molecule has 0 spiro atoms. The lowest BCUT2D eigenvalue weighted by molar-refractivity contribution is -0.131. The number of nitrogens with one attached hydrogen (secondary N) is 1. The monoisotopic (exact) mass is 288 g/mol. The zero-order valence-electron chi connectivity index (χ0n) is 10.7. The fourth-order valence-corrected chi connectivity index (χ4v) is 2.10. The molecule has 0 unspecified atom stereocenters. The van der Waals surface area contributed by atoms with Gasteiger partial charge in [-0.05, 0) is 36.3 Å². The predicted molar refractivity (Wildman–Crippen MR) is 77.9 cm³/mol. The second-order valence-corrected chi connectivity index (χ2v) is 4.93. The lowest BCUT2D eigenvalue weighted by Crippen LogP contribution is -2.11. The zero-order valence-corrected chi connectivity index (χ0v) is 11.5. The number of anilines is 1. The van der Waals surface area contributed by atoms with Crippen LogP contribution in [0.4, 0.5) is 5.13 Å². The second-order valence-electron chi connectivity index (χ2n) is 4.03. The first kappa shape index (κ1) is 14.0. The summed E-state index contributed by atoms with van der Waals surface area (Å²) >= 11 is 1.33. The third kappa shape index (κ3) is 3.52. The van der Waals surface area contributed by atoms with E-state index in [4.69, 9.17) is 5.11 Å². The van der Waals surface area contributed by atoms with E-state index in [1.54, 1.807) is 29.8 Å². The Morgan fingerprint density at radius 1 is 1.40 bits per heavy atom. The zero-order chi connectivity index (χ0) is 14.5. The number of nitrogens with zero attached hydrogens (tertiary/aromatic N) is 1. The molecule has 6 heteroatoms. The van der Waals surface area contributed by atoms with Crippen molar-refractivity contribution in [2.24, 2.45) is 0 Å². The molecule has 0 atom stereocenters. The Kier molecular flexibility index (Phi) is 4.27. The minimum Gasteiger partial charge on any atom is -0.478 e. The molecule has 0 fully saturated rings. The van der Waals surface area contributed by atoms with Crippen LogP contribution in [0.3, 0.4) is 0 Å². The van der Waals surface area contributed by atoms with E-state index < -0.39 is 5.97 Å². The number of aromatic nitrogens is 1. The molecule has 2 N–H and O–H groups in total. The number of carbonyl (C=O) groups excluding carboxylic acids is 1. The highest BCUT2D eigenvalue weighted by Crippen LogP contribution is 2.16. The molecule has 1 aromatic heterocycles. The van der Waals surface area contributed by atoms with E-state index in [2.05, 4.69) is 10.3 Å². The van der Waals surface area contributed by atoms with Crippen LogP contribution < -0.4 is 5.32 Å². The molecule has 0 saturated carbocycles. The number of hydrogen-bond acceptors (Lipinski definition) is 4. The number of thiazole rings is 1. The smallest absolute Gasteiger partial charge is 0.328 e. The van der Waals surface area contributed by atoms with Crippen LogP contribution in [0, 0.1) is 6.92 Å². The van der Waals surface area contributed by atoms with Crippen molar-refractivity contribution in [2.45, 2.75) is 6.92 Å². The summed E-state index contributed by atoms with van der Waals surface area (Å²) in [5.74, 6) is -1.30. The number of aryl methyl sites for hydroxylation is 1. The molecule has 2 rings (SSSR count). The van der Waals surface area contributed by atoms with Gasteiger partial charge in [0.15, 0.2) is 5.13 Å². The largest absolute Gasteiger partial charge is 0.478 e. The molecule has 1 amide bonds. The predicted octanol–water partition coefficient (Wildman–Crippen LogP) is 2.80. The molecule has 2 aromatic rings. The van der Waals surface area contributed by atoms with Gasteiger partial charge in [0.25, 0.3) is 5.91 Å². The van der Waals surface area contributed by atoms with E-state index in [0.717, 1.165) is 11.6 Å². The number of rotatable bonds is 4. The topological polar surface area (TPSA) is 79.3 Å². The van der Waals surface area contributed by atoms with Gasteiger partial charge in [0.1, 0.15) is 0 Å². The van der Waals surface area contributed by atoms with Gasteiger partial charge < -0.3 is 5.11 Å². The number of carboxylic acid groups (broad SMARTS) is 1. The highest BCUT2D eigenvalue weighted by molar-refractivity contribution is 7.13. The van der Waals surface area contributed by atoms with Crippen molar-refractivity contribution in [3.8, 4) is 0 Å². The van der Waals surface area contributed by atoms with Gasteiger partial charge in [-0.25, -0.2) is 9.78 Å². The molecular weight excluding hydrogens is 276 g/mol. The van der Waals surface area contributed by atoms with Crippen LogP contribution in [0.2, 0.25) is 0 Å². The van der Waals surface area contributed by atoms with E-state index in [1.165, 1.54) is 17.4 Å². The number of benzene rings is 1. The first-order valence-electron chi connectivity index (χ1n) is 5.79. The van der Waals surface area contributed by atoms with Gasteiger partial charge in [0.05, 0.1) is 0 Å². The van der Waals surface area contributed by atoms with E-state index in [9.17, 15) is 9.59 Å². The van der Waals surface area contributed by atoms with Crippen molar-refractivity contribution >= 4 is 34.4 Å². The molecule has 20 heavy (non-hydrogen) atoms. The van der Waals surface area contributed by atoms with Crippen LogP contribution in [0.15, 0.2) is 35.9 Å². The summed E-state index contributed by atoms with van der Waals surface area (Å²) in [4.78, 5) is 26.5. The van der Waals surface area contributed by atoms with Crippen LogP contribution in [0.1, 0.15) is 21.5 Å². The fraction of sp³-hybridized carbons (Fsp3) is 0.0714. The van der Waals surface area contributed by atoms with Crippen molar-refractivity contribution in [3.63, 3.8) is 0 Å². The van der Waals surface area contributed by atoms with Gasteiger partial charge in [-0.3, -0.25) is 10.1 Å². The average Bonchev–Trinajstić information content (AvgIpc) is 2.90. The summed E-state index contributed by atoms with van der Waals surface area (Å²) in [5.41, 5.74) is 2.04. The number of carboxylic acids is 1. The Hall–Kier alpha value is -2.47. The summed E-state index contributed by atoms with van der Waals surface area (Å²) < 4.78 is 0. The third-order valence-electron chi connectivity index (χ3n) is 2.60. The van der Waals surface area contributed by atoms with Crippen molar-refractivity contribution in [1.82, 2.24) is 4.98 Å². The molecular formula is C14H12N2O3S. The Balaban J connectivity index is 2.22. The molecule has 0 aliphatic carbocycles. The van der Waals surface area contributed by atoms with Crippen molar-refractivity contribution < 1.29 is 14.7 Å². The van der Waals surface area contributed by atoms with Gasteiger partial charge in [-0.2, -0.15) is 0 Å². The van der Waals surface area contributed by atoms with Gasteiger partial charge in [0, 0.05) is 23.2 Å². The van der Waals surface area contributed by atoms with Gasteiger partial charge >= 0.3 is 5.97 Å². The van der Waals surface area contributed by atoms with Crippen LogP contribution in [0.25, 0.3) is 6.08 Å². The molecule has 5 nitrogen and oxygen atoms in total. The van der Waals surface area contributed by atoms with E-state index >= 15 is 0 Å². The lowest BCUT2D eigenvalue weighted by atomic mass is 10.0. The highest BCUT2D eigenvalue weighted by Gasteiger charge is 2.08. The van der Waals surface area contributed by atoms with Gasteiger partial charge in [-0.15, -0.1) is 11.3 Å². The molecule has 0 aliphatic heterocycles. The van der Waals surface area contributed by atoms with E-state index in [-0.39, 0.29) is 5.91 Å². The molecule has 1 aromatic carbocycles. The highest BCUT2D eigenvalue weighted by atomic mass is 32.1. The van der Waals surface area contributed by atoms with Crippen LogP contribution in [0.5, 0.6) is 0 Å². The first-order valence-corrected chi connectivity index (χ1v) is 6.67. The summed E-state index contributed by atoms with van der Waals surface area (Å²) in [5, 5.41) is 13.6. The SMILES string of the molecule is Cc1ccc(C(=O)Nc2nccs2)cc1/C=C/C(=O)O. The molecule has 0 aliphatic rings. The molecule has 102 valence electrons. The molecule has 0 bridgehead atoms. The number of aliphatic carboxylic acids is 1. The van der Waals surface area contributed by atoms with Crippen LogP contribution in [-0.4, -0.2) is 22.0 Å². The fourth-order valence-electron chi connectivity index (χ4n) is 1.58. The van der Waals surface area contributed by atoms with Crippen molar-refractivity contribution in [3.05, 3.63) is 52.5 Å². The second kappa shape index (κ2) is 6.12. The van der Waals surface area contributed by atoms with Gasteiger partial charge in [0.2, 0.25) is 0 Å². The maximum absolute atomic E-state index is 12.0. The Morgan fingerprint density at radius 2 is 2.20 bits per heavy atom. The number of amides is 1. The van der Waals surface area contributed by atoms with E-state index in [0.29, 0.717) is 16.3 Å². The van der Waals surface area contributed by atoms with Gasteiger partial charge in [-0.1, -0.05) is 6.07 Å². The average molecular weight is 288 g/mol.